The molecule has 4 heteroatoms. The van der Waals surface area contributed by atoms with Crippen molar-refractivity contribution in [3.05, 3.63) is 84.6 Å². The molecule has 2 N–H and O–H groups in total. The second-order valence-corrected chi connectivity index (χ2v) is 7.02. The molecule has 0 unspecified atom stereocenters. The van der Waals surface area contributed by atoms with Crippen LogP contribution in [0.5, 0.6) is 5.75 Å². The first kappa shape index (κ1) is 15.3. The topological polar surface area (TPSA) is 53.7 Å². The van der Waals surface area contributed by atoms with E-state index in [4.69, 9.17) is 9.72 Å². The van der Waals surface area contributed by atoms with Gasteiger partial charge in [0, 0.05) is 16.3 Å². The highest BCUT2D eigenvalue weighted by molar-refractivity contribution is 6.23. The summed E-state index contributed by atoms with van der Waals surface area (Å²) in [7, 11) is 0. The van der Waals surface area contributed by atoms with Crippen LogP contribution in [0.4, 0.5) is 0 Å². The van der Waals surface area contributed by atoms with Crippen molar-refractivity contribution >= 4 is 43.7 Å². The Morgan fingerprint density at radius 1 is 0.714 bits per heavy atom. The Bertz CT molecular complexity index is 1460. The Kier molecular flexibility index (Phi) is 3.20. The fourth-order valence-electron chi connectivity index (χ4n) is 4.02. The quantitative estimate of drug-likeness (QED) is 0.409. The standard InChI is InChI=1S/C24H17N3O/c1-2-7-15(8-3-1)14-28-20-12-6-11-18-22(20)23-24(27-18)21-16-9-4-5-10-17(16)26-19(21)13-25-23/h1-13,26-27H,14H2. The molecule has 0 aliphatic carbocycles. The maximum atomic E-state index is 6.18. The highest BCUT2D eigenvalue weighted by Crippen LogP contribution is 2.37. The number of hydrogen-bond acceptors (Lipinski definition) is 2. The van der Waals surface area contributed by atoms with E-state index in [1.165, 1.54) is 10.8 Å². The highest BCUT2D eigenvalue weighted by Gasteiger charge is 2.16. The Morgan fingerprint density at radius 2 is 1.54 bits per heavy atom. The van der Waals surface area contributed by atoms with E-state index >= 15 is 0 Å². The third kappa shape index (κ3) is 2.21. The van der Waals surface area contributed by atoms with Crippen LogP contribution >= 0.6 is 0 Å². The van der Waals surface area contributed by atoms with Gasteiger partial charge in [-0.15, -0.1) is 0 Å². The third-order valence-electron chi connectivity index (χ3n) is 5.30. The lowest BCUT2D eigenvalue weighted by molar-refractivity contribution is 0.310. The molecule has 0 saturated heterocycles. The maximum absolute atomic E-state index is 6.18. The van der Waals surface area contributed by atoms with Crippen molar-refractivity contribution in [1.29, 1.82) is 0 Å². The predicted octanol–water partition coefficient (Wildman–Crippen LogP) is 5.93. The van der Waals surface area contributed by atoms with Gasteiger partial charge in [0.05, 0.1) is 28.1 Å². The Balaban J connectivity index is 1.58. The predicted molar refractivity (Wildman–Crippen MR) is 114 cm³/mol. The first-order valence-electron chi connectivity index (χ1n) is 9.35. The monoisotopic (exact) mass is 363 g/mol. The molecule has 0 aliphatic heterocycles. The van der Waals surface area contributed by atoms with Gasteiger partial charge in [0.2, 0.25) is 0 Å². The molecule has 28 heavy (non-hydrogen) atoms. The lowest BCUT2D eigenvalue weighted by Crippen LogP contribution is -1.95. The van der Waals surface area contributed by atoms with Crippen molar-refractivity contribution in [3.63, 3.8) is 0 Å². The molecule has 0 aliphatic rings. The molecule has 6 rings (SSSR count). The molecule has 134 valence electrons. The Hall–Kier alpha value is -3.79. The van der Waals surface area contributed by atoms with Gasteiger partial charge in [-0.05, 0) is 23.8 Å². The fraction of sp³-hybridized carbons (Fsp3) is 0.0417. The van der Waals surface area contributed by atoms with Crippen LogP contribution in [0.25, 0.3) is 43.7 Å². The second-order valence-electron chi connectivity index (χ2n) is 7.02. The van der Waals surface area contributed by atoms with Crippen LogP contribution in [0.1, 0.15) is 5.56 Å². The summed E-state index contributed by atoms with van der Waals surface area (Å²) >= 11 is 0. The molecule has 4 nitrogen and oxygen atoms in total. The maximum Gasteiger partial charge on any atom is 0.131 e. The first-order valence-corrected chi connectivity index (χ1v) is 9.35. The lowest BCUT2D eigenvalue weighted by atomic mass is 10.1. The number of aromatic amines is 2. The number of aromatic nitrogens is 3. The lowest BCUT2D eigenvalue weighted by Gasteiger charge is -2.07. The van der Waals surface area contributed by atoms with E-state index in [0.29, 0.717) is 6.61 Å². The molecule has 0 radical (unpaired) electrons. The summed E-state index contributed by atoms with van der Waals surface area (Å²) in [5, 5.41) is 3.40. The number of hydrogen-bond donors (Lipinski definition) is 2. The van der Waals surface area contributed by atoms with Gasteiger partial charge in [0.1, 0.15) is 17.9 Å². The van der Waals surface area contributed by atoms with Crippen LogP contribution in [0.15, 0.2) is 79.0 Å². The largest absolute Gasteiger partial charge is 0.488 e. The zero-order chi connectivity index (χ0) is 18.5. The van der Waals surface area contributed by atoms with Crippen molar-refractivity contribution in [1.82, 2.24) is 15.0 Å². The Morgan fingerprint density at radius 3 is 2.46 bits per heavy atom. The molecule has 0 spiro atoms. The van der Waals surface area contributed by atoms with Crippen LogP contribution in [0, 0.1) is 0 Å². The average Bonchev–Trinajstić information content (AvgIpc) is 3.31. The number of benzene rings is 3. The molecule has 6 aromatic rings. The molecule has 3 heterocycles. The van der Waals surface area contributed by atoms with Gasteiger partial charge in [0.25, 0.3) is 0 Å². The summed E-state index contributed by atoms with van der Waals surface area (Å²) in [6.45, 7) is 0.530. The highest BCUT2D eigenvalue weighted by atomic mass is 16.5. The minimum atomic E-state index is 0.530. The van der Waals surface area contributed by atoms with Gasteiger partial charge < -0.3 is 14.7 Å². The minimum Gasteiger partial charge on any atom is -0.488 e. The van der Waals surface area contributed by atoms with Gasteiger partial charge in [-0.1, -0.05) is 54.6 Å². The molecule has 0 amide bonds. The molecule has 0 saturated carbocycles. The van der Waals surface area contributed by atoms with E-state index in [9.17, 15) is 0 Å². The number of ether oxygens (including phenoxy) is 1. The third-order valence-corrected chi connectivity index (χ3v) is 5.30. The summed E-state index contributed by atoms with van der Waals surface area (Å²) in [6.07, 6.45) is 1.92. The van der Waals surface area contributed by atoms with E-state index in [1.54, 1.807) is 0 Å². The average molecular weight is 363 g/mol. The molecular formula is C24H17N3O. The number of H-pyrrole nitrogens is 2. The second kappa shape index (κ2) is 5.86. The number of nitrogens with zero attached hydrogens (tertiary/aromatic N) is 1. The van der Waals surface area contributed by atoms with Crippen molar-refractivity contribution in [2.75, 3.05) is 0 Å². The van der Waals surface area contributed by atoms with Crippen molar-refractivity contribution in [3.8, 4) is 5.75 Å². The van der Waals surface area contributed by atoms with Gasteiger partial charge in [-0.3, -0.25) is 4.98 Å². The number of nitrogens with one attached hydrogen (secondary N) is 2. The van der Waals surface area contributed by atoms with Gasteiger partial charge >= 0.3 is 0 Å². The first-order chi connectivity index (χ1) is 13.9. The number of fused-ring (bicyclic) bond motifs is 7. The van der Waals surface area contributed by atoms with Gasteiger partial charge in [-0.25, -0.2) is 0 Å². The van der Waals surface area contributed by atoms with E-state index in [0.717, 1.165) is 44.3 Å². The normalized spacial score (nSPS) is 11.7. The number of rotatable bonds is 3. The van der Waals surface area contributed by atoms with Crippen LogP contribution < -0.4 is 4.74 Å². The summed E-state index contributed by atoms with van der Waals surface area (Å²) < 4.78 is 6.18. The molecule has 0 bridgehead atoms. The van der Waals surface area contributed by atoms with Crippen LogP contribution in [-0.4, -0.2) is 15.0 Å². The summed E-state index contributed by atoms with van der Waals surface area (Å²) in [5.74, 6) is 0.847. The van der Waals surface area contributed by atoms with E-state index < -0.39 is 0 Å². The smallest absolute Gasteiger partial charge is 0.131 e. The molecule has 0 atom stereocenters. The number of para-hydroxylation sites is 1. The molecule has 3 aromatic carbocycles. The fourth-order valence-corrected chi connectivity index (χ4v) is 4.02. The summed E-state index contributed by atoms with van der Waals surface area (Å²) in [5.41, 5.74) is 6.31. The SMILES string of the molecule is c1ccc(COc2cccc3[nH]c4c(ncc5[nH]c6ccccc6c54)c23)cc1. The molecule has 3 aromatic heterocycles. The van der Waals surface area contributed by atoms with E-state index in [1.807, 2.05) is 42.6 Å². The Labute approximate surface area is 160 Å². The van der Waals surface area contributed by atoms with Crippen molar-refractivity contribution < 1.29 is 4.74 Å². The summed E-state index contributed by atoms with van der Waals surface area (Å²) in [4.78, 5) is 11.8. The minimum absolute atomic E-state index is 0.530. The molecular weight excluding hydrogens is 346 g/mol. The van der Waals surface area contributed by atoms with Crippen LogP contribution in [0.3, 0.4) is 0 Å². The zero-order valence-corrected chi connectivity index (χ0v) is 15.1. The van der Waals surface area contributed by atoms with Gasteiger partial charge in [0.15, 0.2) is 0 Å². The zero-order valence-electron chi connectivity index (χ0n) is 15.1. The van der Waals surface area contributed by atoms with Crippen LogP contribution in [-0.2, 0) is 6.61 Å². The van der Waals surface area contributed by atoms with E-state index in [2.05, 4.69) is 46.4 Å². The van der Waals surface area contributed by atoms with Gasteiger partial charge in [-0.2, -0.15) is 0 Å². The van der Waals surface area contributed by atoms with Crippen LogP contribution in [0.2, 0.25) is 0 Å². The summed E-state index contributed by atoms with van der Waals surface area (Å²) in [6, 6.07) is 24.7. The van der Waals surface area contributed by atoms with Crippen molar-refractivity contribution in [2.45, 2.75) is 6.61 Å². The van der Waals surface area contributed by atoms with E-state index in [-0.39, 0.29) is 0 Å². The van der Waals surface area contributed by atoms with Crippen molar-refractivity contribution in [2.24, 2.45) is 0 Å². The number of pyridine rings is 1. The molecule has 0 fully saturated rings.